The SMILES string of the molecule is CC(C)NS(=O)(=O)N1CCCC(C(C)CC(=O)O)C1. The van der Waals surface area contributed by atoms with Crippen molar-refractivity contribution in [1.29, 1.82) is 0 Å². The highest BCUT2D eigenvalue weighted by Crippen LogP contribution is 2.27. The van der Waals surface area contributed by atoms with Crippen LogP contribution in [0.4, 0.5) is 0 Å². The number of rotatable bonds is 6. The van der Waals surface area contributed by atoms with Crippen LogP contribution in [0.15, 0.2) is 0 Å². The van der Waals surface area contributed by atoms with E-state index in [9.17, 15) is 13.2 Å². The summed E-state index contributed by atoms with van der Waals surface area (Å²) < 4.78 is 28.2. The Morgan fingerprint density at radius 3 is 2.58 bits per heavy atom. The molecule has 1 saturated heterocycles. The molecule has 0 saturated carbocycles. The van der Waals surface area contributed by atoms with Crippen LogP contribution in [0.25, 0.3) is 0 Å². The van der Waals surface area contributed by atoms with Crippen LogP contribution in [-0.4, -0.2) is 42.9 Å². The second-order valence-electron chi connectivity index (χ2n) is 5.61. The van der Waals surface area contributed by atoms with Crippen LogP contribution in [0, 0.1) is 11.8 Å². The van der Waals surface area contributed by atoms with Gasteiger partial charge in [-0.1, -0.05) is 6.92 Å². The van der Waals surface area contributed by atoms with Gasteiger partial charge in [-0.3, -0.25) is 4.79 Å². The first-order valence-corrected chi connectivity index (χ1v) is 8.15. The number of carboxylic acids is 1. The number of nitrogens with zero attached hydrogens (tertiary/aromatic N) is 1. The summed E-state index contributed by atoms with van der Waals surface area (Å²) in [6, 6.07) is -0.137. The molecule has 0 amide bonds. The van der Waals surface area contributed by atoms with Crippen LogP contribution in [0.3, 0.4) is 0 Å². The van der Waals surface area contributed by atoms with Crippen LogP contribution < -0.4 is 4.72 Å². The maximum absolute atomic E-state index is 12.1. The minimum Gasteiger partial charge on any atom is -0.481 e. The lowest BCUT2D eigenvalue weighted by Gasteiger charge is -2.35. The quantitative estimate of drug-likeness (QED) is 0.766. The molecule has 2 N–H and O–H groups in total. The Labute approximate surface area is 115 Å². The predicted octanol–water partition coefficient (Wildman–Crippen LogP) is 1.05. The van der Waals surface area contributed by atoms with Gasteiger partial charge in [0.25, 0.3) is 10.2 Å². The molecule has 6 nitrogen and oxygen atoms in total. The smallest absolute Gasteiger partial charge is 0.303 e. The maximum atomic E-state index is 12.1. The van der Waals surface area contributed by atoms with E-state index in [1.54, 1.807) is 13.8 Å². The minimum atomic E-state index is -3.44. The molecule has 0 radical (unpaired) electrons. The topological polar surface area (TPSA) is 86.7 Å². The van der Waals surface area contributed by atoms with E-state index in [4.69, 9.17) is 5.11 Å². The molecular formula is C12H24N2O4S. The fourth-order valence-electron chi connectivity index (χ4n) is 2.47. The Kier molecular flexibility index (Phi) is 5.76. The van der Waals surface area contributed by atoms with Gasteiger partial charge in [0.05, 0.1) is 0 Å². The molecule has 0 aromatic rings. The zero-order valence-corrected chi connectivity index (χ0v) is 12.6. The number of aliphatic carboxylic acids is 1. The minimum absolute atomic E-state index is 0.00505. The van der Waals surface area contributed by atoms with Crippen molar-refractivity contribution in [3.8, 4) is 0 Å². The summed E-state index contributed by atoms with van der Waals surface area (Å²) in [5.74, 6) is -0.712. The monoisotopic (exact) mass is 292 g/mol. The highest BCUT2D eigenvalue weighted by molar-refractivity contribution is 7.87. The number of carbonyl (C=O) groups is 1. The highest BCUT2D eigenvalue weighted by Gasteiger charge is 2.32. The molecule has 1 aliphatic rings. The molecule has 1 fully saturated rings. The third-order valence-electron chi connectivity index (χ3n) is 3.45. The van der Waals surface area contributed by atoms with Crippen LogP contribution in [0.1, 0.15) is 40.0 Å². The van der Waals surface area contributed by atoms with Crippen molar-refractivity contribution in [3.05, 3.63) is 0 Å². The molecule has 0 aromatic heterocycles. The molecule has 19 heavy (non-hydrogen) atoms. The average molecular weight is 292 g/mol. The van der Waals surface area contributed by atoms with Gasteiger partial charge in [0.15, 0.2) is 0 Å². The lowest BCUT2D eigenvalue weighted by Crippen LogP contribution is -2.48. The second-order valence-corrected chi connectivity index (χ2v) is 7.32. The van der Waals surface area contributed by atoms with Gasteiger partial charge in [0.1, 0.15) is 0 Å². The fourth-order valence-corrected chi connectivity index (χ4v) is 3.97. The Morgan fingerprint density at radius 1 is 1.42 bits per heavy atom. The number of piperidine rings is 1. The zero-order valence-electron chi connectivity index (χ0n) is 11.8. The first-order chi connectivity index (χ1) is 8.72. The number of carboxylic acid groups (broad SMARTS) is 1. The highest BCUT2D eigenvalue weighted by atomic mass is 32.2. The maximum Gasteiger partial charge on any atom is 0.303 e. The third-order valence-corrected chi connectivity index (χ3v) is 5.23. The normalized spacial score (nSPS) is 23.5. The molecule has 0 aromatic carbocycles. The first-order valence-electron chi connectivity index (χ1n) is 6.71. The summed E-state index contributed by atoms with van der Waals surface area (Å²) in [4.78, 5) is 10.7. The summed E-state index contributed by atoms with van der Waals surface area (Å²) >= 11 is 0. The Bertz CT molecular complexity index is 408. The zero-order chi connectivity index (χ0) is 14.6. The largest absolute Gasteiger partial charge is 0.481 e. The van der Waals surface area contributed by atoms with Crippen molar-refractivity contribution >= 4 is 16.2 Å². The van der Waals surface area contributed by atoms with Crippen LogP contribution >= 0.6 is 0 Å². The van der Waals surface area contributed by atoms with Gasteiger partial charge in [0.2, 0.25) is 0 Å². The molecule has 112 valence electrons. The first kappa shape index (κ1) is 16.4. The molecule has 1 rings (SSSR count). The van der Waals surface area contributed by atoms with Gasteiger partial charge in [-0.2, -0.15) is 17.4 Å². The Balaban J connectivity index is 2.66. The molecular weight excluding hydrogens is 268 g/mol. The lowest BCUT2D eigenvalue weighted by molar-refractivity contribution is -0.138. The van der Waals surface area contributed by atoms with Crippen LogP contribution in [0.2, 0.25) is 0 Å². The molecule has 0 bridgehead atoms. The molecule has 2 atom stereocenters. The van der Waals surface area contributed by atoms with E-state index in [2.05, 4.69) is 4.72 Å². The van der Waals surface area contributed by atoms with Gasteiger partial charge in [-0.25, -0.2) is 0 Å². The Morgan fingerprint density at radius 2 is 2.05 bits per heavy atom. The van der Waals surface area contributed by atoms with Crippen LogP contribution in [-0.2, 0) is 15.0 Å². The van der Waals surface area contributed by atoms with Gasteiger partial charge < -0.3 is 5.11 Å². The van der Waals surface area contributed by atoms with E-state index in [0.29, 0.717) is 13.1 Å². The summed E-state index contributed by atoms with van der Waals surface area (Å²) in [6.45, 7) is 6.37. The second kappa shape index (κ2) is 6.67. The van der Waals surface area contributed by atoms with Crippen molar-refractivity contribution in [2.24, 2.45) is 11.8 Å². The fraction of sp³-hybridized carbons (Fsp3) is 0.917. The van der Waals surface area contributed by atoms with E-state index in [0.717, 1.165) is 12.8 Å². The van der Waals surface area contributed by atoms with Crippen molar-refractivity contribution in [2.45, 2.75) is 46.1 Å². The summed E-state index contributed by atoms with van der Waals surface area (Å²) in [5, 5.41) is 8.82. The molecule has 7 heteroatoms. The van der Waals surface area contributed by atoms with Gasteiger partial charge in [-0.05, 0) is 38.5 Å². The van der Waals surface area contributed by atoms with Crippen molar-refractivity contribution in [2.75, 3.05) is 13.1 Å². The number of hydrogen-bond donors (Lipinski definition) is 2. The van der Waals surface area contributed by atoms with Gasteiger partial charge in [0, 0.05) is 25.6 Å². The van der Waals surface area contributed by atoms with Gasteiger partial charge >= 0.3 is 5.97 Å². The van der Waals surface area contributed by atoms with Crippen LogP contribution in [0.5, 0.6) is 0 Å². The molecule has 1 heterocycles. The summed E-state index contributed by atoms with van der Waals surface area (Å²) in [5.41, 5.74) is 0. The predicted molar refractivity (Wildman–Crippen MR) is 72.9 cm³/mol. The standard InChI is InChI=1S/C12H24N2O4S/c1-9(2)13-19(17,18)14-6-4-5-11(8-14)10(3)7-12(15)16/h9-11,13H,4-8H2,1-3H3,(H,15,16). The van der Waals surface area contributed by atoms with E-state index in [1.807, 2.05) is 6.92 Å². The van der Waals surface area contributed by atoms with Gasteiger partial charge in [-0.15, -0.1) is 0 Å². The molecule has 0 spiro atoms. The number of nitrogens with one attached hydrogen (secondary N) is 1. The molecule has 1 aliphatic heterocycles. The third kappa shape index (κ3) is 5.08. The molecule has 2 unspecified atom stereocenters. The van der Waals surface area contributed by atoms with Crippen molar-refractivity contribution in [3.63, 3.8) is 0 Å². The Hall–Kier alpha value is -0.660. The summed E-state index contributed by atoms with van der Waals surface area (Å²) in [7, 11) is -3.44. The number of hydrogen-bond acceptors (Lipinski definition) is 3. The van der Waals surface area contributed by atoms with E-state index in [-0.39, 0.29) is 24.3 Å². The van der Waals surface area contributed by atoms with E-state index in [1.165, 1.54) is 4.31 Å². The van der Waals surface area contributed by atoms with E-state index >= 15 is 0 Å². The van der Waals surface area contributed by atoms with Crippen molar-refractivity contribution in [1.82, 2.24) is 9.03 Å². The average Bonchev–Trinajstić information content (AvgIpc) is 2.26. The molecule has 0 aliphatic carbocycles. The van der Waals surface area contributed by atoms with E-state index < -0.39 is 16.2 Å². The summed E-state index contributed by atoms with van der Waals surface area (Å²) in [6.07, 6.45) is 1.77. The lowest BCUT2D eigenvalue weighted by atomic mass is 9.85. The van der Waals surface area contributed by atoms with Crippen molar-refractivity contribution < 1.29 is 18.3 Å².